The molecule has 5 heteroatoms. The smallest absolute Gasteiger partial charge is 0.233 e. The Balaban J connectivity index is 1.91. The highest BCUT2D eigenvalue weighted by Crippen LogP contribution is 2.16. The summed E-state index contributed by atoms with van der Waals surface area (Å²) in [4.78, 5) is 12.5. The summed E-state index contributed by atoms with van der Waals surface area (Å²) < 4.78 is 12.2. The molecule has 4 nitrogen and oxygen atoms in total. The van der Waals surface area contributed by atoms with Gasteiger partial charge >= 0.3 is 0 Å². The van der Waals surface area contributed by atoms with Gasteiger partial charge in [0.2, 0.25) is 5.91 Å². The van der Waals surface area contributed by atoms with Crippen LogP contribution in [0.1, 0.15) is 11.1 Å². The topological polar surface area (TPSA) is 72.2 Å². The molecule has 1 amide bonds. The predicted octanol–water partition coefficient (Wildman–Crippen LogP) is 2.00. The first-order chi connectivity index (χ1) is 10.1. The van der Waals surface area contributed by atoms with Gasteiger partial charge in [-0.25, -0.2) is 0 Å². The van der Waals surface area contributed by atoms with Crippen molar-refractivity contribution in [3.05, 3.63) is 59.7 Å². The van der Waals surface area contributed by atoms with Gasteiger partial charge in [0.05, 0.1) is 10.8 Å². The molecule has 1 atom stereocenters. The Bertz CT molecular complexity index is 657. The molecule has 0 radical (unpaired) electrons. The van der Waals surface area contributed by atoms with Crippen LogP contribution in [0.3, 0.4) is 0 Å². The van der Waals surface area contributed by atoms with Crippen molar-refractivity contribution in [1.82, 2.24) is 5.32 Å². The van der Waals surface area contributed by atoms with E-state index in [1.807, 2.05) is 37.3 Å². The van der Waals surface area contributed by atoms with Crippen LogP contribution in [0.4, 0.5) is 5.69 Å². The average Bonchev–Trinajstić information content (AvgIpc) is 2.46. The third-order valence-electron chi connectivity index (χ3n) is 3.04. The van der Waals surface area contributed by atoms with Gasteiger partial charge in [-0.1, -0.05) is 30.3 Å². The second-order valence-electron chi connectivity index (χ2n) is 4.78. The van der Waals surface area contributed by atoms with Crippen LogP contribution >= 0.6 is 0 Å². The van der Waals surface area contributed by atoms with Gasteiger partial charge in [0.25, 0.3) is 0 Å². The molecule has 0 heterocycles. The fourth-order valence-electron chi connectivity index (χ4n) is 1.97. The number of hydrogen-bond donors (Lipinski definition) is 2. The molecule has 0 aromatic heterocycles. The molecule has 110 valence electrons. The minimum Gasteiger partial charge on any atom is -0.399 e. The van der Waals surface area contributed by atoms with E-state index in [1.54, 1.807) is 18.2 Å². The van der Waals surface area contributed by atoms with E-state index in [0.29, 0.717) is 17.1 Å². The van der Waals surface area contributed by atoms with Crippen LogP contribution < -0.4 is 11.1 Å². The minimum absolute atomic E-state index is 0.0441. The first-order valence-corrected chi connectivity index (χ1v) is 7.93. The fraction of sp³-hybridized carbons (Fsp3) is 0.188. The summed E-state index contributed by atoms with van der Waals surface area (Å²) in [7, 11) is -1.36. The van der Waals surface area contributed by atoms with Crippen molar-refractivity contribution in [2.45, 2.75) is 18.4 Å². The number of rotatable bonds is 5. The lowest BCUT2D eigenvalue weighted by Crippen LogP contribution is -2.28. The maximum Gasteiger partial charge on any atom is 0.233 e. The molecule has 2 rings (SSSR count). The van der Waals surface area contributed by atoms with Gasteiger partial charge in [0, 0.05) is 17.1 Å². The van der Waals surface area contributed by atoms with Gasteiger partial charge in [-0.05, 0) is 36.2 Å². The number of hydrogen-bond acceptors (Lipinski definition) is 3. The SMILES string of the molecule is Cc1cc(N)ccc1S(=O)CC(=O)NCc1ccccc1. The lowest BCUT2D eigenvalue weighted by molar-refractivity contribution is -0.118. The lowest BCUT2D eigenvalue weighted by Gasteiger charge is -2.08. The van der Waals surface area contributed by atoms with Gasteiger partial charge in [0.1, 0.15) is 5.75 Å². The Morgan fingerprint density at radius 3 is 2.57 bits per heavy atom. The highest BCUT2D eigenvalue weighted by molar-refractivity contribution is 7.85. The van der Waals surface area contributed by atoms with Gasteiger partial charge in [-0.2, -0.15) is 0 Å². The number of carbonyl (C=O) groups is 1. The minimum atomic E-state index is -1.36. The fourth-order valence-corrected chi connectivity index (χ4v) is 3.11. The lowest BCUT2D eigenvalue weighted by atomic mass is 10.2. The Morgan fingerprint density at radius 1 is 1.19 bits per heavy atom. The highest BCUT2D eigenvalue weighted by atomic mass is 32.2. The Labute approximate surface area is 126 Å². The maximum atomic E-state index is 12.2. The molecule has 0 saturated heterocycles. The predicted molar refractivity (Wildman–Crippen MR) is 85.2 cm³/mol. The molecule has 2 aromatic carbocycles. The van der Waals surface area contributed by atoms with Crippen molar-refractivity contribution < 1.29 is 9.00 Å². The number of benzene rings is 2. The van der Waals surface area contributed by atoms with E-state index in [0.717, 1.165) is 11.1 Å². The molecule has 3 N–H and O–H groups in total. The van der Waals surface area contributed by atoms with E-state index < -0.39 is 10.8 Å². The van der Waals surface area contributed by atoms with Crippen molar-refractivity contribution >= 4 is 22.4 Å². The van der Waals surface area contributed by atoms with Crippen molar-refractivity contribution in [2.75, 3.05) is 11.5 Å². The van der Waals surface area contributed by atoms with Crippen LogP contribution in [0.15, 0.2) is 53.4 Å². The summed E-state index contributed by atoms with van der Waals surface area (Å²) in [5, 5.41) is 2.77. The standard InChI is InChI=1S/C16H18N2O2S/c1-12-9-14(17)7-8-15(12)21(20)11-16(19)18-10-13-5-3-2-4-6-13/h2-9H,10-11,17H2,1H3,(H,18,19). The summed E-state index contributed by atoms with van der Waals surface area (Å²) in [5.74, 6) is -0.272. The molecule has 0 aliphatic rings. The van der Waals surface area contributed by atoms with Crippen LogP contribution in [0, 0.1) is 6.92 Å². The van der Waals surface area contributed by atoms with E-state index in [4.69, 9.17) is 5.73 Å². The van der Waals surface area contributed by atoms with Crippen LogP contribution in [0.2, 0.25) is 0 Å². The van der Waals surface area contributed by atoms with Crippen molar-refractivity contribution in [2.24, 2.45) is 0 Å². The number of anilines is 1. The quantitative estimate of drug-likeness (QED) is 0.830. The first-order valence-electron chi connectivity index (χ1n) is 6.61. The molecule has 0 bridgehead atoms. The third kappa shape index (κ3) is 4.43. The number of nitrogens with one attached hydrogen (secondary N) is 1. The number of amides is 1. The summed E-state index contributed by atoms with van der Waals surface area (Å²) in [6, 6.07) is 14.8. The molecule has 21 heavy (non-hydrogen) atoms. The Morgan fingerprint density at radius 2 is 1.90 bits per heavy atom. The van der Waals surface area contributed by atoms with E-state index in [2.05, 4.69) is 5.32 Å². The monoisotopic (exact) mass is 302 g/mol. The number of nitrogen functional groups attached to an aromatic ring is 1. The van der Waals surface area contributed by atoms with E-state index in [9.17, 15) is 9.00 Å². The molecule has 0 spiro atoms. The van der Waals surface area contributed by atoms with Crippen LogP contribution in [0.25, 0.3) is 0 Å². The summed E-state index contributed by atoms with van der Waals surface area (Å²) >= 11 is 0. The molecule has 0 aliphatic heterocycles. The zero-order valence-corrected chi connectivity index (χ0v) is 12.7. The van der Waals surface area contributed by atoms with Crippen LogP contribution in [0.5, 0.6) is 0 Å². The molecular formula is C16H18N2O2S. The second-order valence-corrected chi connectivity index (χ2v) is 6.20. The van der Waals surface area contributed by atoms with Crippen LogP contribution in [-0.4, -0.2) is 15.9 Å². The van der Waals surface area contributed by atoms with E-state index >= 15 is 0 Å². The molecular weight excluding hydrogens is 284 g/mol. The summed E-state index contributed by atoms with van der Waals surface area (Å²) in [6.45, 7) is 2.28. The van der Waals surface area contributed by atoms with Gasteiger partial charge < -0.3 is 11.1 Å². The van der Waals surface area contributed by atoms with Crippen LogP contribution in [-0.2, 0) is 22.1 Å². The highest BCUT2D eigenvalue weighted by Gasteiger charge is 2.12. The maximum absolute atomic E-state index is 12.2. The molecule has 0 aliphatic carbocycles. The zero-order valence-electron chi connectivity index (χ0n) is 11.8. The summed E-state index contributed by atoms with van der Waals surface area (Å²) in [5.41, 5.74) is 8.14. The number of nitrogens with two attached hydrogens (primary N) is 1. The number of carbonyl (C=O) groups excluding carboxylic acids is 1. The third-order valence-corrected chi connectivity index (χ3v) is 4.51. The van der Waals surface area contributed by atoms with Crippen molar-refractivity contribution in [1.29, 1.82) is 0 Å². The van der Waals surface area contributed by atoms with Gasteiger partial charge in [-0.3, -0.25) is 9.00 Å². The van der Waals surface area contributed by atoms with Gasteiger partial charge in [0.15, 0.2) is 0 Å². The zero-order chi connectivity index (χ0) is 15.2. The average molecular weight is 302 g/mol. The molecule has 0 fully saturated rings. The summed E-state index contributed by atoms with van der Waals surface area (Å²) in [6.07, 6.45) is 0. The van der Waals surface area contributed by atoms with Crippen molar-refractivity contribution in [3.8, 4) is 0 Å². The first kappa shape index (κ1) is 15.3. The van der Waals surface area contributed by atoms with E-state index in [1.165, 1.54) is 0 Å². The largest absolute Gasteiger partial charge is 0.399 e. The van der Waals surface area contributed by atoms with Gasteiger partial charge in [-0.15, -0.1) is 0 Å². The molecule has 0 saturated carbocycles. The molecule has 1 unspecified atom stereocenters. The Hall–Kier alpha value is -2.14. The normalized spacial score (nSPS) is 11.9. The molecule has 2 aromatic rings. The Kier molecular flexibility index (Phi) is 5.11. The number of aryl methyl sites for hydroxylation is 1. The second kappa shape index (κ2) is 7.04. The van der Waals surface area contributed by atoms with Crippen molar-refractivity contribution in [3.63, 3.8) is 0 Å². The van der Waals surface area contributed by atoms with E-state index in [-0.39, 0.29) is 11.7 Å².